The number of aromatic amines is 1. The van der Waals surface area contributed by atoms with E-state index in [1.807, 2.05) is 14.0 Å². The first-order valence-electron chi connectivity index (χ1n) is 11.3. The fraction of sp³-hybridized carbons (Fsp3) is 0.714. The Hall–Kier alpha value is -2.46. The average Bonchev–Trinajstić information content (AvgIpc) is 3.50. The van der Waals surface area contributed by atoms with Gasteiger partial charge in [-0.05, 0) is 26.2 Å². The zero-order chi connectivity index (χ0) is 22.1. The van der Waals surface area contributed by atoms with Gasteiger partial charge in [-0.15, -0.1) is 0 Å². The Labute approximate surface area is 181 Å². The molecule has 1 atom stereocenters. The normalized spacial score (nSPS) is 19.1. The Morgan fingerprint density at radius 2 is 1.94 bits per heavy atom. The SMILES string of the molecule is CCCCn1c(=O)[nH]c(=O)c2c1nc(CN1CCN(C(C)C(=O)NC3CC3)CC1)n2C. The molecule has 4 rings (SSSR count). The van der Waals surface area contributed by atoms with E-state index >= 15 is 0 Å². The number of nitrogens with one attached hydrogen (secondary N) is 2. The monoisotopic (exact) mass is 431 g/mol. The van der Waals surface area contributed by atoms with E-state index in [0.717, 1.165) is 57.7 Å². The molecule has 0 bridgehead atoms. The van der Waals surface area contributed by atoms with Crippen molar-refractivity contribution in [2.45, 2.75) is 64.7 Å². The summed E-state index contributed by atoms with van der Waals surface area (Å²) in [5, 5.41) is 3.09. The summed E-state index contributed by atoms with van der Waals surface area (Å²) in [6.45, 7) is 8.44. The van der Waals surface area contributed by atoms with Gasteiger partial charge in [0.05, 0.1) is 12.6 Å². The number of amides is 1. The quantitative estimate of drug-likeness (QED) is 0.610. The second kappa shape index (κ2) is 8.96. The van der Waals surface area contributed by atoms with E-state index in [0.29, 0.717) is 30.3 Å². The standard InChI is InChI=1S/C21H33N7O3/c1-4-5-8-28-18-17(20(30)24-21(28)31)25(3)16(23-18)13-26-9-11-27(12-10-26)14(2)19(29)22-15-6-7-15/h14-15H,4-13H2,1-3H3,(H,22,29)(H,24,30,31). The van der Waals surface area contributed by atoms with Crippen molar-refractivity contribution in [1.82, 2.24) is 34.2 Å². The Morgan fingerprint density at radius 3 is 2.58 bits per heavy atom. The van der Waals surface area contributed by atoms with Crippen LogP contribution in [0.3, 0.4) is 0 Å². The van der Waals surface area contributed by atoms with Crippen molar-refractivity contribution in [3.8, 4) is 0 Å². The van der Waals surface area contributed by atoms with Gasteiger partial charge < -0.3 is 9.88 Å². The predicted octanol–water partition coefficient (Wildman–Crippen LogP) is 0.00810. The van der Waals surface area contributed by atoms with Crippen LogP contribution in [0.25, 0.3) is 11.2 Å². The minimum absolute atomic E-state index is 0.120. The molecule has 1 unspecified atom stereocenters. The van der Waals surface area contributed by atoms with E-state index in [1.165, 1.54) is 0 Å². The lowest BCUT2D eigenvalue weighted by molar-refractivity contribution is -0.126. The largest absolute Gasteiger partial charge is 0.352 e. The number of hydrogen-bond donors (Lipinski definition) is 2. The van der Waals surface area contributed by atoms with Crippen LogP contribution in [0, 0.1) is 0 Å². The molecule has 2 aromatic rings. The molecule has 170 valence electrons. The van der Waals surface area contributed by atoms with Crippen molar-refractivity contribution in [2.24, 2.45) is 7.05 Å². The molecule has 0 radical (unpaired) electrons. The first-order valence-corrected chi connectivity index (χ1v) is 11.3. The first kappa shape index (κ1) is 21.8. The van der Waals surface area contributed by atoms with E-state index < -0.39 is 11.2 Å². The molecule has 10 nitrogen and oxygen atoms in total. The zero-order valence-corrected chi connectivity index (χ0v) is 18.7. The maximum absolute atomic E-state index is 12.4. The molecular formula is C21H33N7O3. The Bertz CT molecular complexity index is 1060. The van der Waals surface area contributed by atoms with E-state index in [-0.39, 0.29) is 11.9 Å². The molecule has 1 aliphatic carbocycles. The van der Waals surface area contributed by atoms with Crippen molar-refractivity contribution in [1.29, 1.82) is 0 Å². The van der Waals surface area contributed by atoms with Gasteiger partial charge >= 0.3 is 5.69 Å². The van der Waals surface area contributed by atoms with Crippen molar-refractivity contribution < 1.29 is 4.79 Å². The molecule has 3 heterocycles. The fourth-order valence-corrected chi connectivity index (χ4v) is 4.18. The Balaban J connectivity index is 1.45. The van der Waals surface area contributed by atoms with Gasteiger partial charge in [0.1, 0.15) is 5.82 Å². The summed E-state index contributed by atoms with van der Waals surface area (Å²) in [7, 11) is 1.83. The summed E-state index contributed by atoms with van der Waals surface area (Å²) in [6, 6.07) is 0.261. The van der Waals surface area contributed by atoms with E-state index in [9.17, 15) is 14.4 Å². The summed E-state index contributed by atoms with van der Waals surface area (Å²) >= 11 is 0. The first-order chi connectivity index (χ1) is 14.9. The number of imidazole rings is 1. The number of hydrogen-bond acceptors (Lipinski definition) is 6. The topological polar surface area (TPSA) is 108 Å². The summed E-state index contributed by atoms with van der Waals surface area (Å²) in [4.78, 5) is 48.7. The minimum Gasteiger partial charge on any atom is -0.352 e. The number of piperazine rings is 1. The molecule has 0 spiro atoms. The summed E-state index contributed by atoms with van der Waals surface area (Å²) in [5.74, 6) is 0.889. The van der Waals surface area contributed by atoms with Crippen LogP contribution in [-0.4, -0.2) is 73.1 Å². The molecule has 1 saturated heterocycles. The highest BCUT2D eigenvalue weighted by Gasteiger charge is 2.30. The number of aromatic nitrogens is 4. The van der Waals surface area contributed by atoms with E-state index in [4.69, 9.17) is 0 Å². The molecule has 1 aliphatic heterocycles. The molecule has 1 amide bonds. The highest BCUT2D eigenvalue weighted by atomic mass is 16.2. The number of carbonyl (C=O) groups excluding carboxylic acids is 1. The highest BCUT2D eigenvalue weighted by molar-refractivity contribution is 5.81. The van der Waals surface area contributed by atoms with Gasteiger partial charge in [0.2, 0.25) is 5.91 Å². The Kier molecular flexibility index (Phi) is 6.29. The number of carbonyl (C=O) groups is 1. The third-order valence-electron chi connectivity index (χ3n) is 6.46. The smallest absolute Gasteiger partial charge is 0.330 e. The maximum Gasteiger partial charge on any atom is 0.330 e. The molecule has 1 saturated carbocycles. The van der Waals surface area contributed by atoms with Gasteiger partial charge in [0, 0.05) is 45.8 Å². The van der Waals surface area contributed by atoms with Crippen LogP contribution in [0.2, 0.25) is 0 Å². The maximum atomic E-state index is 12.4. The average molecular weight is 432 g/mol. The second-order valence-corrected chi connectivity index (χ2v) is 8.79. The van der Waals surface area contributed by atoms with Crippen molar-refractivity contribution >= 4 is 17.1 Å². The molecular weight excluding hydrogens is 398 g/mol. The number of fused-ring (bicyclic) bond motifs is 1. The lowest BCUT2D eigenvalue weighted by Crippen LogP contribution is -2.54. The van der Waals surface area contributed by atoms with Crippen LogP contribution < -0.4 is 16.6 Å². The number of unbranched alkanes of at least 4 members (excludes halogenated alkanes) is 1. The zero-order valence-electron chi connectivity index (χ0n) is 18.7. The number of rotatable bonds is 8. The van der Waals surface area contributed by atoms with Gasteiger partial charge in [-0.25, -0.2) is 9.78 Å². The highest BCUT2D eigenvalue weighted by Crippen LogP contribution is 2.19. The summed E-state index contributed by atoms with van der Waals surface area (Å²) < 4.78 is 3.37. The molecule has 31 heavy (non-hydrogen) atoms. The van der Waals surface area contributed by atoms with Crippen LogP contribution in [0.4, 0.5) is 0 Å². The van der Waals surface area contributed by atoms with Crippen LogP contribution in [-0.2, 0) is 24.9 Å². The van der Waals surface area contributed by atoms with Gasteiger partial charge in [0.25, 0.3) is 5.56 Å². The van der Waals surface area contributed by atoms with Gasteiger partial charge in [-0.1, -0.05) is 13.3 Å². The predicted molar refractivity (Wildman–Crippen MR) is 118 cm³/mol. The molecule has 2 N–H and O–H groups in total. The van der Waals surface area contributed by atoms with Gasteiger partial charge in [-0.3, -0.25) is 28.9 Å². The molecule has 2 aromatic heterocycles. The van der Waals surface area contributed by atoms with Crippen molar-refractivity contribution in [3.63, 3.8) is 0 Å². The number of nitrogens with zero attached hydrogens (tertiary/aromatic N) is 5. The van der Waals surface area contributed by atoms with Crippen LogP contribution in [0.5, 0.6) is 0 Å². The molecule has 2 fully saturated rings. The fourth-order valence-electron chi connectivity index (χ4n) is 4.18. The van der Waals surface area contributed by atoms with E-state index in [2.05, 4.69) is 32.0 Å². The van der Waals surface area contributed by atoms with Gasteiger partial charge in [0.15, 0.2) is 11.2 Å². The lowest BCUT2D eigenvalue weighted by atomic mass is 10.2. The van der Waals surface area contributed by atoms with Crippen molar-refractivity contribution in [3.05, 3.63) is 26.7 Å². The van der Waals surface area contributed by atoms with Crippen molar-refractivity contribution in [2.75, 3.05) is 26.2 Å². The minimum atomic E-state index is -0.400. The van der Waals surface area contributed by atoms with Gasteiger partial charge in [-0.2, -0.15) is 0 Å². The molecule has 0 aromatic carbocycles. The second-order valence-electron chi connectivity index (χ2n) is 8.79. The third kappa shape index (κ3) is 4.59. The van der Waals surface area contributed by atoms with E-state index in [1.54, 1.807) is 9.13 Å². The molecule has 2 aliphatic rings. The molecule has 10 heteroatoms. The third-order valence-corrected chi connectivity index (χ3v) is 6.46. The van der Waals surface area contributed by atoms with Crippen LogP contribution in [0.15, 0.2) is 9.59 Å². The number of aryl methyl sites for hydroxylation is 2. The number of H-pyrrole nitrogens is 1. The summed E-state index contributed by atoms with van der Waals surface area (Å²) in [5.41, 5.74) is 0.107. The Morgan fingerprint density at radius 1 is 1.23 bits per heavy atom. The van der Waals surface area contributed by atoms with Crippen LogP contribution >= 0.6 is 0 Å². The lowest BCUT2D eigenvalue weighted by Gasteiger charge is -2.37. The summed E-state index contributed by atoms with van der Waals surface area (Å²) in [6.07, 6.45) is 3.99. The van der Waals surface area contributed by atoms with Crippen LogP contribution in [0.1, 0.15) is 45.4 Å².